The summed E-state index contributed by atoms with van der Waals surface area (Å²) in [6, 6.07) is 1.80. The number of nitriles is 1. The van der Waals surface area contributed by atoms with Crippen LogP contribution in [-0.4, -0.2) is 22.9 Å². The molecule has 6 heteroatoms. The van der Waals surface area contributed by atoms with E-state index in [4.69, 9.17) is 16.9 Å². The molecule has 0 bridgehead atoms. The maximum Gasteiger partial charge on any atom is 0.348 e. The van der Waals surface area contributed by atoms with Gasteiger partial charge in [0.05, 0.1) is 12.8 Å². The van der Waals surface area contributed by atoms with E-state index in [2.05, 4.69) is 23.7 Å². The largest absolute Gasteiger partial charge is 0.465 e. The van der Waals surface area contributed by atoms with Crippen molar-refractivity contribution in [3.05, 3.63) is 22.0 Å². The summed E-state index contributed by atoms with van der Waals surface area (Å²) in [7, 11) is 1.23. The molecule has 102 valence electrons. The van der Waals surface area contributed by atoms with Crippen LogP contribution in [0.15, 0.2) is 5.57 Å². The van der Waals surface area contributed by atoms with Crippen LogP contribution in [0.4, 0.5) is 0 Å². The number of hydrogen-bond acceptors (Lipinski definition) is 4. The van der Waals surface area contributed by atoms with Gasteiger partial charge in [0.1, 0.15) is 16.8 Å². The Kier molecular flexibility index (Phi) is 5.13. The van der Waals surface area contributed by atoms with Gasteiger partial charge in [-0.2, -0.15) is 10.4 Å². The second-order valence-electron chi connectivity index (χ2n) is 4.53. The SMILES string of the molecule is COC(=O)C(C#N)=Cc1c(C)nn(CC(C)C)c1Cl. The van der Waals surface area contributed by atoms with Gasteiger partial charge >= 0.3 is 5.97 Å². The fourth-order valence-corrected chi connectivity index (χ4v) is 1.89. The molecular weight excluding hydrogens is 266 g/mol. The van der Waals surface area contributed by atoms with Crippen molar-refractivity contribution in [3.63, 3.8) is 0 Å². The first kappa shape index (κ1) is 15.3. The van der Waals surface area contributed by atoms with Crippen LogP contribution >= 0.6 is 11.6 Å². The first-order valence-electron chi connectivity index (χ1n) is 5.83. The van der Waals surface area contributed by atoms with Crippen molar-refractivity contribution < 1.29 is 9.53 Å². The summed E-state index contributed by atoms with van der Waals surface area (Å²) in [5.41, 5.74) is 1.14. The Balaban J connectivity index is 3.22. The third-order valence-corrected chi connectivity index (χ3v) is 2.86. The third kappa shape index (κ3) is 3.58. The van der Waals surface area contributed by atoms with Crippen molar-refractivity contribution in [2.24, 2.45) is 5.92 Å². The molecule has 0 aliphatic heterocycles. The van der Waals surface area contributed by atoms with E-state index in [9.17, 15) is 4.79 Å². The maximum absolute atomic E-state index is 11.4. The molecule has 0 fully saturated rings. The van der Waals surface area contributed by atoms with E-state index in [1.165, 1.54) is 13.2 Å². The minimum atomic E-state index is -0.686. The van der Waals surface area contributed by atoms with Crippen LogP contribution in [0.3, 0.4) is 0 Å². The zero-order chi connectivity index (χ0) is 14.6. The van der Waals surface area contributed by atoms with Gasteiger partial charge in [0.15, 0.2) is 0 Å². The number of aromatic nitrogens is 2. The lowest BCUT2D eigenvalue weighted by molar-refractivity contribution is -0.135. The van der Waals surface area contributed by atoms with Gasteiger partial charge in [-0.1, -0.05) is 25.4 Å². The fraction of sp³-hybridized carbons (Fsp3) is 0.462. The van der Waals surface area contributed by atoms with Gasteiger partial charge < -0.3 is 4.74 Å². The maximum atomic E-state index is 11.4. The Hall–Kier alpha value is -1.80. The molecule has 0 aliphatic carbocycles. The number of hydrogen-bond donors (Lipinski definition) is 0. The molecule has 0 aliphatic rings. The lowest BCUT2D eigenvalue weighted by atomic mass is 10.1. The van der Waals surface area contributed by atoms with Crippen LogP contribution in [0, 0.1) is 24.2 Å². The molecule has 0 unspecified atom stereocenters. The number of rotatable bonds is 4. The van der Waals surface area contributed by atoms with Crippen LogP contribution < -0.4 is 0 Å². The van der Waals surface area contributed by atoms with Crippen molar-refractivity contribution in [2.75, 3.05) is 7.11 Å². The third-order valence-electron chi connectivity index (χ3n) is 2.46. The highest BCUT2D eigenvalue weighted by Gasteiger charge is 2.16. The van der Waals surface area contributed by atoms with Crippen LogP contribution in [-0.2, 0) is 16.1 Å². The van der Waals surface area contributed by atoms with Crippen molar-refractivity contribution >= 4 is 23.6 Å². The smallest absolute Gasteiger partial charge is 0.348 e. The van der Waals surface area contributed by atoms with Crippen LogP contribution in [0.2, 0.25) is 5.15 Å². The lowest BCUT2D eigenvalue weighted by Gasteiger charge is -2.05. The van der Waals surface area contributed by atoms with Crippen molar-refractivity contribution in [1.82, 2.24) is 9.78 Å². The number of ether oxygens (including phenoxy) is 1. The molecule has 5 nitrogen and oxygen atoms in total. The molecule has 1 aromatic rings. The van der Waals surface area contributed by atoms with E-state index >= 15 is 0 Å². The number of methoxy groups -OCH3 is 1. The minimum absolute atomic E-state index is 0.100. The summed E-state index contributed by atoms with van der Waals surface area (Å²) < 4.78 is 6.19. The summed E-state index contributed by atoms with van der Waals surface area (Å²) in [4.78, 5) is 11.4. The second-order valence-corrected chi connectivity index (χ2v) is 4.89. The van der Waals surface area contributed by atoms with Crippen LogP contribution in [0.1, 0.15) is 25.1 Å². The Morgan fingerprint density at radius 2 is 2.26 bits per heavy atom. The molecule has 0 atom stereocenters. The lowest BCUT2D eigenvalue weighted by Crippen LogP contribution is -2.06. The number of carbonyl (C=O) groups excluding carboxylic acids is 1. The molecular formula is C13H16ClN3O2. The molecule has 0 saturated carbocycles. The number of carbonyl (C=O) groups is 1. The second kappa shape index (κ2) is 6.39. The molecule has 0 spiro atoms. The molecule has 1 rings (SSSR count). The van der Waals surface area contributed by atoms with Gasteiger partial charge in [0.2, 0.25) is 0 Å². The van der Waals surface area contributed by atoms with E-state index in [0.29, 0.717) is 28.9 Å². The van der Waals surface area contributed by atoms with Crippen molar-refractivity contribution in [3.8, 4) is 6.07 Å². The summed E-state index contributed by atoms with van der Waals surface area (Å²) >= 11 is 6.22. The molecule has 19 heavy (non-hydrogen) atoms. The average Bonchev–Trinajstić information content (AvgIpc) is 2.60. The molecule has 0 aromatic carbocycles. The Bertz CT molecular complexity index is 553. The monoisotopic (exact) mass is 281 g/mol. The van der Waals surface area contributed by atoms with Crippen LogP contribution in [0.5, 0.6) is 0 Å². The van der Waals surface area contributed by atoms with Crippen molar-refractivity contribution in [2.45, 2.75) is 27.3 Å². The fourth-order valence-electron chi connectivity index (χ4n) is 1.59. The summed E-state index contributed by atoms with van der Waals surface area (Å²) in [5.74, 6) is -0.292. The summed E-state index contributed by atoms with van der Waals surface area (Å²) in [5, 5.41) is 13.7. The van der Waals surface area contributed by atoms with Gasteiger partial charge in [0, 0.05) is 12.1 Å². The van der Waals surface area contributed by atoms with E-state index in [-0.39, 0.29) is 5.57 Å². The predicted molar refractivity (Wildman–Crippen MR) is 72.4 cm³/mol. The normalized spacial score (nSPS) is 11.5. The Morgan fingerprint density at radius 1 is 1.63 bits per heavy atom. The number of nitrogens with zero attached hydrogens (tertiary/aromatic N) is 3. The average molecular weight is 282 g/mol. The molecule has 0 saturated heterocycles. The van der Waals surface area contributed by atoms with E-state index in [1.54, 1.807) is 17.7 Å². The molecule has 0 amide bonds. The standard InChI is InChI=1S/C13H16ClN3O2/c1-8(2)7-17-12(14)11(9(3)16-17)5-10(6-15)13(18)19-4/h5,8H,7H2,1-4H3. The van der Waals surface area contributed by atoms with Gasteiger partial charge in [-0.05, 0) is 18.9 Å². The summed E-state index contributed by atoms with van der Waals surface area (Å²) in [6.07, 6.45) is 1.41. The van der Waals surface area contributed by atoms with Gasteiger partial charge in [-0.15, -0.1) is 0 Å². The van der Waals surface area contributed by atoms with Gasteiger partial charge in [-0.25, -0.2) is 4.79 Å². The minimum Gasteiger partial charge on any atom is -0.465 e. The highest BCUT2D eigenvalue weighted by Crippen LogP contribution is 2.23. The first-order chi connectivity index (χ1) is 8.90. The Morgan fingerprint density at radius 3 is 2.74 bits per heavy atom. The molecule has 0 N–H and O–H groups in total. The first-order valence-corrected chi connectivity index (χ1v) is 6.21. The van der Waals surface area contributed by atoms with E-state index < -0.39 is 5.97 Å². The van der Waals surface area contributed by atoms with Crippen molar-refractivity contribution in [1.29, 1.82) is 5.26 Å². The molecule has 1 aromatic heterocycles. The zero-order valence-electron chi connectivity index (χ0n) is 11.4. The van der Waals surface area contributed by atoms with E-state index in [0.717, 1.165) is 0 Å². The molecule has 0 radical (unpaired) electrons. The number of halogens is 1. The highest BCUT2D eigenvalue weighted by molar-refractivity contribution is 6.31. The number of esters is 1. The zero-order valence-corrected chi connectivity index (χ0v) is 12.2. The number of aryl methyl sites for hydroxylation is 1. The predicted octanol–water partition coefficient (Wildman–Crippen LogP) is 2.58. The Labute approximate surface area is 117 Å². The topological polar surface area (TPSA) is 67.9 Å². The van der Waals surface area contributed by atoms with Gasteiger partial charge in [0.25, 0.3) is 0 Å². The van der Waals surface area contributed by atoms with E-state index in [1.807, 2.05) is 0 Å². The quantitative estimate of drug-likeness (QED) is 0.483. The van der Waals surface area contributed by atoms with Gasteiger partial charge in [-0.3, -0.25) is 4.68 Å². The highest BCUT2D eigenvalue weighted by atomic mass is 35.5. The summed E-state index contributed by atoms with van der Waals surface area (Å²) in [6.45, 7) is 6.56. The van der Waals surface area contributed by atoms with Crippen LogP contribution in [0.25, 0.3) is 6.08 Å². The molecule has 1 heterocycles.